The van der Waals surface area contributed by atoms with Crippen LogP contribution in [0.1, 0.15) is 16.5 Å². The summed E-state index contributed by atoms with van der Waals surface area (Å²) in [6.45, 7) is 0.635. The summed E-state index contributed by atoms with van der Waals surface area (Å²) in [5.41, 5.74) is 3.89. The highest BCUT2D eigenvalue weighted by atomic mass is 32.2. The fraction of sp³-hybridized carbons (Fsp3) is 0.368. The second-order valence-corrected chi connectivity index (χ2v) is 8.06. The number of fused-ring (bicyclic) bond motifs is 1. The van der Waals surface area contributed by atoms with E-state index in [4.69, 9.17) is 0 Å². The molecule has 1 aliphatic heterocycles. The number of imidazole rings is 1. The molecule has 142 valence electrons. The summed E-state index contributed by atoms with van der Waals surface area (Å²) in [5.74, 6) is 1.22. The van der Waals surface area contributed by atoms with Gasteiger partial charge in [-0.15, -0.1) is 11.8 Å². The number of benzene rings is 1. The number of aromatic nitrogens is 3. The number of aliphatic hydroxyl groups is 2. The standard InChI is InChI=1S/C19H23N5O2S/c1-23(2)13-5-3-4-12(8-13)9-21-18-19-22-10-14(24(19)7-6-20-18)17-16(26)15(25)11-27-17/h3-8,10,15-17,25-26H,9,11H2,1-2H3,(H,20,21)/t15-,16-,17+/m1/s1. The van der Waals surface area contributed by atoms with Crippen molar-refractivity contribution in [3.63, 3.8) is 0 Å². The summed E-state index contributed by atoms with van der Waals surface area (Å²) >= 11 is 1.55. The smallest absolute Gasteiger partial charge is 0.180 e. The van der Waals surface area contributed by atoms with Crippen LogP contribution in [-0.2, 0) is 6.54 Å². The Morgan fingerprint density at radius 2 is 2.15 bits per heavy atom. The van der Waals surface area contributed by atoms with E-state index >= 15 is 0 Å². The van der Waals surface area contributed by atoms with Crippen LogP contribution < -0.4 is 10.2 Å². The number of rotatable bonds is 5. The lowest BCUT2D eigenvalue weighted by Gasteiger charge is -2.15. The van der Waals surface area contributed by atoms with Crippen molar-refractivity contribution in [3.8, 4) is 0 Å². The average molecular weight is 385 g/mol. The van der Waals surface area contributed by atoms with Gasteiger partial charge in [0.05, 0.1) is 29.3 Å². The van der Waals surface area contributed by atoms with Crippen LogP contribution in [0, 0.1) is 0 Å². The van der Waals surface area contributed by atoms with Crippen molar-refractivity contribution >= 4 is 28.9 Å². The van der Waals surface area contributed by atoms with Gasteiger partial charge in [0.2, 0.25) is 0 Å². The molecule has 0 aliphatic carbocycles. The van der Waals surface area contributed by atoms with Gasteiger partial charge in [-0.3, -0.25) is 4.40 Å². The number of anilines is 2. The summed E-state index contributed by atoms with van der Waals surface area (Å²) in [5, 5.41) is 23.2. The Bertz CT molecular complexity index is 945. The minimum atomic E-state index is -0.784. The van der Waals surface area contributed by atoms with Gasteiger partial charge in [-0.05, 0) is 17.7 Å². The molecule has 3 atom stereocenters. The first-order valence-electron chi connectivity index (χ1n) is 8.84. The van der Waals surface area contributed by atoms with Crippen molar-refractivity contribution in [2.24, 2.45) is 0 Å². The van der Waals surface area contributed by atoms with E-state index in [1.54, 1.807) is 24.2 Å². The third kappa shape index (κ3) is 3.47. The molecule has 3 N–H and O–H groups in total. The van der Waals surface area contributed by atoms with E-state index in [2.05, 4.69) is 38.4 Å². The van der Waals surface area contributed by atoms with E-state index in [9.17, 15) is 10.2 Å². The Labute approximate surface area is 162 Å². The maximum atomic E-state index is 10.2. The molecule has 1 aliphatic rings. The van der Waals surface area contributed by atoms with E-state index in [0.29, 0.717) is 23.8 Å². The van der Waals surface area contributed by atoms with Crippen LogP contribution in [0.25, 0.3) is 5.65 Å². The molecular formula is C19H23N5O2S. The summed E-state index contributed by atoms with van der Waals surface area (Å²) in [6, 6.07) is 8.32. The SMILES string of the molecule is CN(C)c1cccc(CNc2nccn3c([C@@H]4SC[C@@H](O)[C@H]4O)cnc23)c1. The quantitative estimate of drug-likeness (QED) is 0.619. The molecule has 27 heavy (non-hydrogen) atoms. The predicted molar refractivity (Wildman–Crippen MR) is 108 cm³/mol. The van der Waals surface area contributed by atoms with Crippen LogP contribution in [0.5, 0.6) is 0 Å². The highest BCUT2D eigenvalue weighted by Gasteiger charge is 2.37. The highest BCUT2D eigenvalue weighted by molar-refractivity contribution is 7.99. The van der Waals surface area contributed by atoms with Gasteiger partial charge in [0.15, 0.2) is 11.5 Å². The summed E-state index contributed by atoms with van der Waals surface area (Å²) < 4.78 is 1.94. The Kier molecular flexibility index (Phi) is 4.94. The molecule has 0 saturated carbocycles. The predicted octanol–water partition coefficient (Wildman–Crippen LogP) is 1.92. The maximum absolute atomic E-state index is 10.2. The fourth-order valence-corrected chi connectivity index (χ4v) is 4.59. The average Bonchev–Trinajstić information content (AvgIpc) is 3.24. The second kappa shape index (κ2) is 7.38. The number of aliphatic hydroxyl groups excluding tert-OH is 2. The lowest BCUT2D eigenvalue weighted by atomic mass is 10.1. The molecule has 1 fully saturated rings. The first-order valence-corrected chi connectivity index (χ1v) is 9.89. The van der Waals surface area contributed by atoms with Crippen LogP contribution in [-0.4, -0.2) is 56.6 Å². The first kappa shape index (κ1) is 18.1. The monoisotopic (exact) mass is 385 g/mol. The molecule has 3 aromatic rings. The van der Waals surface area contributed by atoms with Gasteiger partial charge in [0.25, 0.3) is 0 Å². The van der Waals surface area contributed by atoms with Crippen molar-refractivity contribution in [1.82, 2.24) is 14.4 Å². The Morgan fingerprint density at radius 1 is 1.30 bits per heavy atom. The Morgan fingerprint density at radius 3 is 2.89 bits per heavy atom. The molecule has 2 aromatic heterocycles. The molecule has 1 aromatic carbocycles. The Hall–Kier alpha value is -2.29. The largest absolute Gasteiger partial charge is 0.390 e. The lowest BCUT2D eigenvalue weighted by Crippen LogP contribution is -2.25. The normalized spacial score (nSPS) is 22.3. The van der Waals surface area contributed by atoms with Crippen molar-refractivity contribution < 1.29 is 10.2 Å². The second-order valence-electron chi connectivity index (χ2n) is 6.88. The van der Waals surface area contributed by atoms with Gasteiger partial charge in [0, 0.05) is 44.5 Å². The fourth-order valence-electron chi connectivity index (χ4n) is 3.27. The number of nitrogens with one attached hydrogen (secondary N) is 1. The molecule has 0 bridgehead atoms. The van der Waals surface area contributed by atoms with Crippen LogP contribution in [0.3, 0.4) is 0 Å². The molecule has 1 saturated heterocycles. The zero-order chi connectivity index (χ0) is 19.0. The topological polar surface area (TPSA) is 85.9 Å². The van der Waals surface area contributed by atoms with E-state index in [1.807, 2.05) is 30.8 Å². The van der Waals surface area contributed by atoms with Crippen molar-refractivity contribution in [2.75, 3.05) is 30.1 Å². The van der Waals surface area contributed by atoms with Crippen LogP contribution in [0.2, 0.25) is 0 Å². The molecule has 0 spiro atoms. The zero-order valence-corrected chi connectivity index (χ0v) is 16.1. The number of hydrogen-bond acceptors (Lipinski definition) is 7. The molecule has 7 nitrogen and oxygen atoms in total. The summed E-state index contributed by atoms with van der Waals surface area (Å²) in [4.78, 5) is 11.0. The van der Waals surface area contributed by atoms with Crippen LogP contribution in [0.4, 0.5) is 11.5 Å². The van der Waals surface area contributed by atoms with Gasteiger partial charge < -0.3 is 20.4 Å². The minimum Gasteiger partial charge on any atom is -0.390 e. The van der Waals surface area contributed by atoms with E-state index in [1.165, 1.54) is 0 Å². The van der Waals surface area contributed by atoms with Crippen molar-refractivity contribution in [3.05, 3.63) is 54.1 Å². The Balaban J connectivity index is 1.57. The van der Waals surface area contributed by atoms with Gasteiger partial charge in [-0.25, -0.2) is 9.97 Å². The van der Waals surface area contributed by atoms with Gasteiger partial charge >= 0.3 is 0 Å². The van der Waals surface area contributed by atoms with Gasteiger partial charge in [-0.2, -0.15) is 0 Å². The first-order chi connectivity index (χ1) is 13.0. The van der Waals surface area contributed by atoms with E-state index in [0.717, 1.165) is 16.9 Å². The third-order valence-corrected chi connectivity index (χ3v) is 6.20. The molecular weight excluding hydrogens is 362 g/mol. The lowest BCUT2D eigenvalue weighted by molar-refractivity contribution is 0.0411. The highest BCUT2D eigenvalue weighted by Crippen LogP contribution is 2.40. The molecule has 0 amide bonds. The molecule has 4 rings (SSSR count). The van der Waals surface area contributed by atoms with E-state index < -0.39 is 12.2 Å². The molecule has 0 unspecified atom stereocenters. The number of nitrogens with zero attached hydrogens (tertiary/aromatic N) is 4. The van der Waals surface area contributed by atoms with Crippen molar-refractivity contribution in [1.29, 1.82) is 0 Å². The third-order valence-electron chi connectivity index (χ3n) is 4.79. The van der Waals surface area contributed by atoms with Crippen LogP contribution >= 0.6 is 11.8 Å². The van der Waals surface area contributed by atoms with Gasteiger partial charge in [0.1, 0.15) is 0 Å². The molecule has 0 radical (unpaired) electrons. The zero-order valence-electron chi connectivity index (χ0n) is 15.3. The van der Waals surface area contributed by atoms with Gasteiger partial charge in [-0.1, -0.05) is 12.1 Å². The summed E-state index contributed by atoms with van der Waals surface area (Å²) in [6.07, 6.45) is 3.84. The maximum Gasteiger partial charge on any atom is 0.180 e. The van der Waals surface area contributed by atoms with Crippen molar-refractivity contribution in [2.45, 2.75) is 24.0 Å². The summed E-state index contributed by atoms with van der Waals surface area (Å²) in [7, 11) is 4.04. The number of thioether (sulfide) groups is 1. The number of hydrogen-bond donors (Lipinski definition) is 3. The van der Waals surface area contributed by atoms with E-state index in [-0.39, 0.29) is 5.25 Å². The van der Waals surface area contributed by atoms with Crippen LogP contribution in [0.15, 0.2) is 42.9 Å². The minimum absolute atomic E-state index is 0.193. The molecule has 3 heterocycles. The molecule has 8 heteroatoms.